The van der Waals surface area contributed by atoms with E-state index in [9.17, 15) is 15.8 Å². The summed E-state index contributed by atoms with van der Waals surface area (Å²) in [4.78, 5) is 0. The van der Waals surface area contributed by atoms with Gasteiger partial charge in [-0.25, -0.2) is 0 Å². The van der Waals surface area contributed by atoms with Crippen molar-refractivity contribution in [2.75, 3.05) is 0 Å². The number of ether oxygens (including phenoxy) is 2. The van der Waals surface area contributed by atoms with E-state index in [1.807, 2.05) is 12.1 Å². The summed E-state index contributed by atoms with van der Waals surface area (Å²) < 4.78 is 12.1. The fourth-order valence-electron chi connectivity index (χ4n) is 4.80. The number of benzene rings is 1. The van der Waals surface area contributed by atoms with Gasteiger partial charge in [0.05, 0.1) is 24.1 Å². The highest BCUT2D eigenvalue weighted by Gasteiger charge is 2.80. The van der Waals surface area contributed by atoms with E-state index in [1.165, 1.54) is 0 Å². The van der Waals surface area contributed by atoms with Gasteiger partial charge in [0.25, 0.3) is 0 Å². The summed E-state index contributed by atoms with van der Waals surface area (Å²) in [5.41, 5.74) is -2.97. The smallest absolute Gasteiger partial charge is 0.217 e. The lowest BCUT2D eigenvalue weighted by atomic mass is 9.51. The van der Waals surface area contributed by atoms with Gasteiger partial charge in [-0.3, -0.25) is 5.41 Å². The molecule has 2 heterocycles. The molecule has 2 saturated heterocycles. The molecule has 0 amide bonds. The third kappa shape index (κ3) is 1.75. The summed E-state index contributed by atoms with van der Waals surface area (Å²) in [6, 6.07) is 12.9. The van der Waals surface area contributed by atoms with Gasteiger partial charge in [-0.1, -0.05) is 30.2 Å². The first-order valence-electron chi connectivity index (χ1n) is 8.45. The molecule has 0 radical (unpaired) electrons. The molecule has 130 valence electrons. The van der Waals surface area contributed by atoms with E-state index >= 15 is 0 Å². The van der Waals surface area contributed by atoms with Crippen LogP contribution in [0.3, 0.4) is 0 Å². The number of halogens is 1. The molecule has 2 bridgehead atoms. The fourth-order valence-corrected chi connectivity index (χ4v) is 4.92. The minimum absolute atomic E-state index is 0.327. The Morgan fingerprint density at radius 1 is 1.08 bits per heavy atom. The number of hydrogen-bond donors (Lipinski definition) is 1. The van der Waals surface area contributed by atoms with Crippen LogP contribution in [0, 0.1) is 56.2 Å². The minimum atomic E-state index is -1.88. The molecule has 0 aromatic heterocycles. The van der Waals surface area contributed by atoms with Gasteiger partial charge >= 0.3 is 0 Å². The molecule has 4 atom stereocenters. The number of rotatable bonds is 1. The van der Waals surface area contributed by atoms with Crippen LogP contribution in [0.5, 0.6) is 0 Å². The van der Waals surface area contributed by atoms with Crippen LogP contribution in [-0.4, -0.2) is 11.7 Å². The van der Waals surface area contributed by atoms with Crippen LogP contribution < -0.4 is 0 Å². The maximum Gasteiger partial charge on any atom is 0.217 e. The maximum atomic E-state index is 10.1. The second kappa shape index (κ2) is 5.45. The average molecular weight is 367 g/mol. The van der Waals surface area contributed by atoms with Crippen LogP contribution in [0.4, 0.5) is 0 Å². The zero-order valence-corrected chi connectivity index (χ0v) is 14.6. The quantitative estimate of drug-likeness (QED) is 0.810. The molecule has 0 spiro atoms. The van der Waals surface area contributed by atoms with Crippen LogP contribution in [0.2, 0.25) is 5.02 Å². The Bertz CT molecular complexity index is 895. The molecule has 0 unspecified atom stereocenters. The third-order valence-corrected chi connectivity index (χ3v) is 6.24. The number of hydrogen-bond acceptors (Lipinski definition) is 6. The van der Waals surface area contributed by atoms with E-state index in [0.717, 1.165) is 12.8 Å². The highest BCUT2D eigenvalue weighted by atomic mass is 35.5. The Labute approximate surface area is 156 Å². The topological polar surface area (TPSA) is 114 Å². The summed E-state index contributed by atoms with van der Waals surface area (Å²) in [6.07, 6.45) is 1.78. The molecule has 26 heavy (non-hydrogen) atoms. The SMILES string of the molecule is N#CC1(C#N)[C@H](c2ccc(Cl)cc2)O[C@@]23CCCC[C@@H]2[C@@]1(C#N)C(=N)O3. The lowest BCUT2D eigenvalue weighted by Crippen LogP contribution is -2.60. The van der Waals surface area contributed by atoms with Crippen LogP contribution in [0.25, 0.3) is 0 Å². The van der Waals surface area contributed by atoms with Crippen molar-refractivity contribution in [3.63, 3.8) is 0 Å². The number of nitriles is 3. The Hall–Kier alpha value is -2.59. The Morgan fingerprint density at radius 3 is 2.38 bits per heavy atom. The summed E-state index contributed by atoms with van der Waals surface area (Å²) >= 11 is 5.96. The molecular formula is C19H15ClN4O2. The van der Waals surface area contributed by atoms with Gasteiger partial charge in [0, 0.05) is 11.4 Å². The highest BCUT2D eigenvalue weighted by molar-refractivity contribution is 6.30. The molecule has 2 aliphatic heterocycles. The Kier molecular flexibility index (Phi) is 3.53. The van der Waals surface area contributed by atoms with Crippen LogP contribution >= 0.6 is 11.6 Å². The number of nitrogens with zero attached hydrogens (tertiary/aromatic N) is 3. The zero-order chi connectivity index (χ0) is 18.6. The first-order valence-corrected chi connectivity index (χ1v) is 8.82. The van der Waals surface area contributed by atoms with Gasteiger partial charge < -0.3 is 9.47 Å². The van der Waals surface area contributed by atoms with Crippen molar-refractivity contribution in [1.82, 2.24) is 0 Å². The van der Waals surface area contributed by atoms with Gasteiger partial charge in [0.1, 0.15) is 6.10 Å². The van der Waals surface area contributed by atoms with E-state index in [4.69, 9.17) is 26.5 Å². The average Bonchev–Trinajstić information content (AvgIpc) is 2.87. The molecule has 4 rings (SSSR count). The number of nitrogens with one attached hydrogen (secondary N) is 1. The molecule has 7 heteroatoms. The zero-order valence-electron chi connectivity index (χ0n) is 13.8. The summed E-state index contributed by atoms with van der Waals surface area (Å²) in [5, 5.41) is 39.2. The van der Waals surface area contributed by atoms with Crippen molar-refractivity contribution in [3.05, 3.63) is 34.9 Å². The van der Waals surface area contributed by atoms with Crippen LogP contribution in [0.15, 0.2) is 24.3 Å². The van der Waals surface area contributed by atoms with E-state index in [2.05, 4.69) is 6.07 Å². The van der Waals surface area contributed by atoms with Gasteiger partial charge in [0.2, 0.25) is 17.1 Å². The second-order valence-electron chi connectivity index (χ2n) is 7.04. The first-order chi connectivity index (χ1) is 12.5. The summed E-state index contributed by atoms with van der Waals surface area (Å²) in [6.45, 7) is 0. The van der Waals surface area contributed by atoms with Gasteiger partial charge in [-0.2, -0.15) is 15.8 Å². The molecule has 3 fully saturated rings. The summed E-state index contributed by atoms with van der Waals surface area (Å²) in [5.74, 6) is -1.97. The molecule has 1 aliphatic carbocycles. The van der Waals surface area contributed by atoms with Gasteiger partial charge in [0.15, 0.2) is 5.41 Å². The molecule has 1 saturated carbocycles. The molecule has 3 aliphatic rings. The lowest BCUT2D eigenvalue weighted by Gasteiger charge is -2.51. The van der Waals surface area contributed by atoms with E-state index in [1.54, 1.807) is 24.3 Å². The fraction of sp³-hybridized carbons (Fsp3) is 0.474. The standard InChI is InChI=1S/C19H15ClN4O2/c20-13-6-4-12(5-7-13)15-17(9-21,10-22)18(11-23)14-3-1-2-8-19(14,25-15)26-16(18)24/h4-7,14-15,24H,1-3,8H2/t14-,15+,18+,19-/m1/s1. The minimum Gasteiger partial charge on any atom is -0.447 e. The first kappa shape index (κ1) is 16.9. The predicted octanol–water partition coefficient (Wildman–Crippen LogP) is 3.85. The molecule has 1 aromatic rings. The normalized spacial score (nSPS) is 36.8. The third-order valence-electron chi connectivity index (χ3n) is 5.99. The lowest BCUT2D eigenvalue weighted by molar-refractivity contribution is -0.294. The summed E-state index contributed by atoms with van der Waals surface area (Å²) in [7, 11) is 0. The predicted molar refractivity (Wildman–Crippen MR) is 90.5 cm³/mol. The molecule has 1 N–H and O–H groups in total. The van der Waals surface area contributed by atoms with Gasteiger partial charge in [-0.05, 0) is 30.5 Å². The van der Waals surface area contributed by atoms with Crippen LogP contribution in [-0.2, 0) is 9.47 Å². The maximum absolute atomic E-state index is 10.1. The molecule has 6 nitrogen and oxygen atoms in total. The van der Waals surface area contributed by atoms with Crippen molar-refractivity contribution in [2.24, 2.45) is 16.7 Å². The molecule has 1 aromatic carbocycles. The van der Waals surface area contributed by atoms with Crippen molar-refractivity contribution in [1.29, 1.82) is 21.2 Å². The highest BCUT2D eigenvalue weighted by Crippen LogP contribution is 2.69. The van der Waals surface area contributed by atoms with E-state index in [0.29, 0.717) is 23.4 Å². The Balaban J connectivity index is 1.99. The second-order valence-corrected chi connectivity index (χ2v) is 7.48. The van der Waals surface area contributed by atoms with Crippen molar-refractivity contribution in [3.8, 4) is 18.2 Å². The largest absolute Gasteiger partial charge is 0.447 e. The van der Waals surface area contributed by atoms with Gasteiger partial charge in [-0.15, -0.1) is 0 Å². The van der Waals surface area contributed by atoms with Crippen LogP contribution in [0.1, 0.15) is 37.4 Å². The van der Waals surface area contributed by atoms with E-state index < -0.39 is 28.6 Å². The van der Waals surface area contributed by atoms with E-state index in [-0.39, 0.29) is 5.90 Å². The van der Waals surface area contributed by atoms with Crippen molar-refractivity contribution in [2.45, 2.75) is 37.6 Å². The van der Waals surface area contributed by atoms with Crippen molar-refractivity contribution >= 4 is 17.5 Å². The monoisotopic (exact) mass is 366 g/mol. The molecular weight excluding hydrogens is 352 g/mol. The Morgan fingerprint density at radius 2 is 1.77 bits per heavy atom. The van der Waals surface area contributed by atoms with Crippen molar-refractivity contribution < 1.29 is 9.47 Å².